The van der Waals surface area contributed by atoms with Crippen molar-refractivity contribution in [3.8, 4) is 0 Å². The third kappa shape index (κ3) is 2.46. The number of hydrogen-bond acceptors (Lipinski definition) is 3. The molecule has 3 nitrogen and oxygen atoms in total. The van der Waals surface area contributed by atoms with E-state index in [1.807, 2.05) is 24.3 Å². The molecule has 3 heteroatoms. The molecule has 0 N–H and O–H groups in total. The van der Waals surface area contributed by atoms with E-state index < -0.39 is 11.4 Å². The van der Waals surface area contributed by atoms with Crippen LogP contribution in [0, 0.1) is 0 Å². The minimum atomic E-state index is -0.597. The summed E-state index contributed by atoms with van der Waals surface area (Å²) in [6.07, 6.45) is 6.93. The molecular formula is C22H22O3. The van der Waals surface area contributed by atoms with Crippen LogP contribution in [-0.2, 0) is 20.1 Å². The third-order valence-corrected chi connectivity index (χ3v) is 5.72. The van der Waals surface area contributed by atoms with Crippen molar-refractivity contribution in [2.75, 3.05) is 0 Å². The van der Waals surface area contributed by atoms with Gasteiger partial charge in [0.25, 0.3) is 0 Å². The van der Waals surface area contributed by atoms with E-state index in [0.717, 1.165) is 37.7 Å². The summed E-state index contributed by atoms with van der Waals surface area (Å²) >= 11 is 0. The Morgan fingerprint density at radius 1 is 0.800 bits per heavy atom. The molecule has 1 saturated carbocycles. The largest absolute Gasteiger partial charge is 0.336 e. The van der Waals surface area contributed by atoms with Gasteiger partial charge in [-0.25, -0.2) is 9.78 Å². The van der Waals surface area contributed by atoms with E-state index in [1.165, 1.54) is 11.1 Å². The Morgan fingerprint density at radius 2 is 1.48 bits per heavy atom. The van der Waals surface area contributed by atoms with Crippen LogP contribution in [0.25, 0.3) is 5.57 Å². The molecule has 1 saturated heterocycles. The van der Waals surface area contributed by atoms with Gasteiger partial charge < -0.3 is 4.74 Å². The van der Waals surface area contributed by atoms with Crippen molar-refractivity contribution in [1.29, 1.82) is 0 Å². The maximum Gasteiger partial charge on any atom is 0.202 e. The zero-order valence-electron chi connectivity index (χ0n) is 14.2. The lowest BCUT2D eigenvalue weighted by Crippen LogP contribution is -2.53. The maximum absolute atomic E-state index is 6.54. The van der Waals surface area contributed by atoms with Gasteiger partial charge in [0.1, 0.15) is 6.10 Å². The standard InChI is InChI=1S/C22H22O3/c1-3-9-17(10-4-1)18-15-20-22(16-18,19-11-5-2-6-12-19)25-24-21(23-20)13-7-8-14-21/h1-6,9-12,15,20H,7-8,13-14,16H2/t20-,22-/m0/s1. The Morgan fingerprint density at radius 3 is 2.20 bits per heavy atom. The first-order valence-electron chi connectivity index (χ1n) is 9.16. The predicted molar refractivity (Wildman–Crippen MR) is 95.4 cm³/mol. The Bertz CT molecular complexity index is 777. The summed E-state index contributed by atoms with van der Waals surface area (Å²) < 4.78 is 6.54. The van der Waals surface area contributed by atoms with Crippen LogP contribution in [0.5, 0.6) is 0 Å². The summed E-state index contributed by atoms with van der Waals surface area (Å²) in [7, 11) is 0. The average Bonchev–Trinajstić information content (AvgIpc) is 3.29. The van der Waals surface area contributed by atoms with E-state index in [-0.39, 0.29) is 6.10 Å². The van der Waals surface area contributed by atoms with Crippen molar-refractivity contribution < 1.29 is 14.5 Å². The fourth-order valence-corrected chi connectivity index (χ4v) is 4.37. The molecule has 5 rings (SSSR count). The van der Waals surface area contributed by atoms with Gasteiger partial charge in [0.15, 0.2) is 5.60 Å². The van der Waals surface area contributed by atoms with Crippen molar-refractivity contribution in [3.63, 3.8) is 0 Å². The quantitative estimate of drug-likeness (QED) is 0.725. The van der Waals surface area contributed by atoms with Crippen molar-refractivity contribution in [2.45, 2.75) is 49.6 Å². The lowest BCUT2D eigenvalue weighted by Gasteiger charge is -2.45. The molecule has 1 spiro atoms. The fraction of sp³-hybridized carbons (Fsp3) is 0.364. The predicted octanol–water partition coefficient (Wildman–Crippen LogP) is 4.99. The molecule has 0 radical (unpaired) electrons. The van der Waals surface area contributed by atoms with Gasteiger partial charge in [-0.2, -0.15) is 0 Å². The van der Waals surface area contributed by atoms with Crippen LogP contribution in [-0.4, -0.2) is 11.9 Å². The second-order valence-electron chi connectivity index (χ2n) is 7.31. The molecule has 0 unspecified atom stereocenters. The normalized spacial score (nSPS) is 30.2. The lowest BCUT2D eigenvalue weighted by molar-refractivity contribution is -0.524. The van der Waals surface area contributed by atoms with Gasteiger partial charge in [-0.3, -0.25) is 0 Å². The smallest absolute Gasteiger partial charge is 0.202 e. The Hall–Kier alpha value is -1.94. The lowest BCUT2D eigenvalue weighted by atomic mass is 9.87. The average molecular weight is 334 g/mol. The van der Waals surface area contributed by atoms with Crippen LogP contribution in [0.1, 0.15) is 43.2 Å². The molecular weight excluding hydrogens is 312 g/mol. The minimum Gasteiger partial charge on any atom is -0.336 e. The van der Waals surface area contributed by atoms with Gasteiger partial charge in [-0.1, -0.05) is 60.7 Å². The first kappa shape index (κ1) is 15.3. The Balaban J connectivity index is 1.56. The molecule has 2 aliphatic carbocycles. The third-order valence-electron chi connectivity index (χ3n) is 5.72. The van der Waals surface area contributed by atoms with E-state index >= 15 is 0 Å². The highest BCUT2D eigenvalue weighted by Crippen LogP contribution is 2.53. The Labute approximate surface area is 148 Å². The summed E-state index contributed by atoms with van der Waals surface area (Å²) in [4.78, 5) is 12.1. The monoisotopic (exact) mass is 334 g/mol. The van der Waals surface area contributed by atoms with Gasteiger partial charge in [-0.15, -0.1) is 0 Å². The Kier molecular flexibility index (Phi) is 3.56. The van der Waals surface area contributed by atoms with Crippen LogP contribution in [0.15, 0.2) is 66.7 Å². The van der Waals surface area contributed by atoms with Crippen LogP contribution in [0.4, 0.5) is 0 Å². The van der Waals surface area contributed by atoms with E-state index in [1.54, 1.807) is 0 Å². The SMILES string of the molecule is C1=C(c2ccccc2)C[C@@]2(c3ccccc3)OOC3(CCCC3)O[C@@H]12. The van der Waals surface area contributed by atoms with E-state index in [9.17, 15) is 0 Å². The van der Waals surface area contributed by atoms with Gasteiger partial charge in [0, 0.05) is 19.3 Å². The fourth-order valence-electron chi connectivity index (χ4n) is 4.37. The number of fused-ring (bicyclic) bond motifs is 1. The molecule has 2 aromatic rings. The van der Waals surface area contributed by atoms with Crippen LogP contribution < -0.4 is 0 Å². The zero-order chi connectivity index (χ0) is 16.7. The van der Waals surface area contributed by atoms with Gasteiger partial charge in [0.2, 0.25) is 5.79 Å². The summed E-state index contributed by atoms with van der Waals surface area (Å²) in [5.41, 5.74) is 2.99. The van der Waals surface area contributed by atoms with Crippen molar-refractivity contribution in [3.05, 3.63) is 77.9 Å². The molecule has 0 amide bonds. The maximum atomic E-state index is 6.54. The van der Waals surface area contributed by atoms with Crippen molar-refractivity contribution in [2.24, 2.45) is 0 Å². The molecule has 0 aromatic heterocycles. The molecule has 128 valence electrons. The van der Waals surface area contributed by atoms with E-state index in [2.05, 4.69) is 42.5 Å². The number of rotatable bonds is 2. The van der Waals surface area contributed by atoms with E-state index in [0.29, 0.717) is 0 Å². The van der Waals surface area contributed by atoms with Crippen LogP contribution >= 0.6 is 0 Å². The molecule has 2 aromatic carbocycles. The van der Waals surface area contributed by atoms with Crippen LogP contribution in [0.3, 0.4) is 0 Å². The second kappa shape index (κ2) is 5.80. The van der Waals surface area contributed by atoms with E-state index in [4.69, 9.17) is 14.5 Å². The number of benzene rings is 2. The summed E-state index contributed by atoms with van der Waals surface area (Å²) in [5, 5.41) is 0. The first-order chi connectivity index (χ1) is 12.3. The molecule has 1 heterocycles. The highest BCUT2D eigenvalue weighted by molar-refractivity contribution is 5.70. The molecule has 2 atom stereocenters. The molecule has 3 aliphatic rings. The summed E-state index contributed by atoms with van der Waals surface area (Å²) in [5.74, 6) is -0.564. The molecule has 25 heavy (non-hydrogen) atoms. The van der Waals surface area contributed by atoms with Gasteiger partial charge >= 0.3 is 0 Å². The topological polar surface area (TPSA) is 27.7 Å². The first-order valence-corrected chi connectivity index (χ1v) is 9.16. The van der Waals surface area contributed by atoms with Crippen molar-refractivity contribution >= 4 is 5.57 Å². The highest BCUT2D eigenvalue weighted by atomic mass is 17.2. The minimum absolute atomic E-state index is 0.128. The molecule has 0 bridgehead atoms. The van der Waals surface area contributed by atoms with Gasteiger partial charge in [0.05, 0.1) is 0 Å². The van der Waals surface area contributed by atoms with Crippen LogP contribution in [0.2, 0.25) is 0 Å². The molecule has 2 fully saturated rings. The summed E-state index contributed by atoms with van der Waals surface area (Å²) in [6.45, 7) is 0. The van der Waals surface area contributed by atoms with Gasteiger partial charge in [-0.05, 0) is 35.6 Å². The highest BCUT2D eigenvalue weighted by Gasteiger charge is 2.57. The number of ether oxygens (including phenoxy) is 1. The number of hydrogen-bond donors (Lipinski definition) is 0. The molecule has 1 aliphatic heterocycles. The summed E-state index contributed by atoms with van der Waals surface area (Å²) in [6, 6.07) is 20.8. The van der Waals surface area contributed by atoms with Crippen molar-refractivity contribution in [1.82, 2.24) is 0 Å². The zero-order valence-corrected chi connectivity index (χ0v) is 14.2. The second-order valence-corrected chi connectivity index (χ2v) is 7.31.